The number of pyridine rings is 1. The fourth-order valence-electron chi connectivity index (χ4n) is 3.02. The summed E-state index contributed by atoms with van der Waals surface area (Å²) in [4.78, 5) is 16.1. The molecule has 0 spiro atoms. The van der Waals surface area contributed by atoms with Crippen molar-refractivity contribution >= 4 is 22.5 Å². The van der Waals surface area contributed by atoms with Gasteiger partial charge in [-0.3, -0.25) is 9.78 Å². The molecule has 1 unspecified atom stereocenters. The SMILES string of the molecule is COc1cc(NC(C)CCCNC(=O)[C@H](C)N)c2nccc(C)c2c1OC. The number of nitrogens with one attached hydrogen (secondary N) is 2. The van der Waals surface area contributed by atoms with Crippen LogP contribution >= 0.6 is 0 Å². The van der Waals surface area contributed by atoms with E-state index in [9.17, 15) is 4.79 Å². The molecule has 0 bridgehead atoms. The minimum atomic E-state index is -0.479. The molecule has 0 radical (unpaired) electrons. The van der Waals surface area contributed by atoms with Crippen molar-refractivity contribution in [2.75, 3.05) is 26.1 Å². The molecular formula is C20H30N4O3. The van der Waals surface area contributed by atoms with Crippen LogP contribution in [0.15, 0.2) is 18.3 Å². The van der Waals surface area contributed by atoms with Crippen LogP contribution in [0.4, 0.5) is 5.69 Å². The Morgan fingerprint density at radius 2 is 2.04 bits per heavy atom. The first-order valence-electron chi connectivity index (χ1n) is 9.19. The number of carbonyl (C=O) groups excluding carboxylic acids is 1. The molecule has 0 saturated carbocycles. The van der Waals surface area contributed by atoms with Crippen LogP contribution in [0.2, 0.25) is 0 Å². The maximum absolute atomic E-state index is 11.5. The number of aromatic nitrogens is 1. The second kappa shape index (κ2) is 9.41. The third-order valence-electron chi connectivity index (χ3n) is 4.49. The number of nitrogens with zero attached hydrogens (tertiary/aromatic N) is 1. The highest BCUT2D eigenvalue weighted by molar-refractivity contribution is 5.99. The van der Waals surface area contributed by atoms with Gasteiger partial charge in [-0.25, -0.2) is 0 Å². The fraction of sp³-hybridized carbons (Fsp3) is 0.500. The summed E-state index contributed by atoms with van der Waals surface area (Å²) in [5.41, 5.74) is 8.37. The summed E-state index contributed by atoms with van der Waals surface area (Å²) in [5.74, 6) is 1.23. The first kappa shape index (κ1) is 20.8. The summed E-state index contributed by atoms with van der Waals surface area (Å²) in [5, 5.41) is 7.29. The molecule has 7 heteroatoms. The molecule has 0 fully saturated rings. The van der Waals surface area contributed by atoms with Crippen molar-refractivity contribution in [2.45, 2.75) is 45.7 Å². The van der Waals surface area contributed by atoms with Crippen LogP contribution < -0.4 is 25.8 Å². The van der Waals surface area contributed by atoms with Gasteiger partial charge in [0.25, 0.3) is 0 Å². The van der Waals surface area contributed by atoms with Crippen molar-refractivity contribution in [1.82, 2.24) is 10.3 Å². The van der Waals surface area contributed by atoms with Crippen LogP contribution in [0.25, 0.3) is 10.9 Å². The Kier molecular flexibility index (Phi) is 7.24. The van der Waals surface area contributed by atoms with Gasteiger partial charge in [-0.05, 0) is 45.2 Å². The fourth-order valence-corrected chi connectivity index (χ4v) is 3.02. The highest BCUT2D eigenvalue weighted by Gasteiger charge is 2.17. The number of amides is 1. The Morgan fingerprint density at radius 3 is 2.67 bits per heavy atom. The van der Waals surface area contributed by atoms with E-state index in [1.165, 1.54) is 0 Å². The van der Waals surface area contributed by atoms with Crippen molar-refractivity contribution < 1.29 is 14.3 Å². The third kappa shape index (κ3) is 5.01. The molecule has 0 saturated heterocycles. The lowest BCUT2D eigenvalue weighted by Gasteiger charge is -2.20. The number of hydrogen-bond donors (Lipinski definition) is 3. The molecule has 2 aromatic rings. The van der Waals surface area contributed by atoms with E-state index < -0.39 is 6.04 Å². The van der Waals surface area contributed by atoms with Gasteiger partial charge in [0, 0.05) is 24.8 Å². The number of rotatable bonds is 9. The number of ether oxygens (including phenoxy) is 2. The zero-order valence-electron chi connectivity index (χ0n) is 16.8. The van der Waals surface area contributed by atoms with E-state index in [1.54, 1.807) is 27.3 Å². The summed E-state index contributed by atoms with van der Waals surface area (Å²) in [6.07, 6.45) is 3.54. The molecule has 27 heavy (non-hydrogen) atoms. The predicted octanol–water partition coefficient (Wildman–Crippen LogP) is 2.60. The summed E-state index contributed by atoms with van der Waals surface area (Å²) < 4.78 is 11.1. The van der Waals surface area contributed by atoms with Crippen molar-refractivity contribution in [2.24, 2.45) is 5.73 Å². The molecule has 2 rings (SSSR count). The normalized spacial score (nSPS) is 13.1. The van der Waals surface area contributed by atoms with Gasteiger partial charge < -0.3 is 25.8 Å². The molecule has 4 N–H and O–H groups in total. The number of hydrogen-bond acceptors (Lipinski definition) is 6. The van der Waals surface area contributed by atoms with Gasteiger partial charge in [-0.1, -0.05) is 0 Å². The number of benzene rings is 1. The van der Waals surface area contributed by atoms with Crippen LogP contribution in [0, 0.1) is 6.92 Å². The van der Waals surface area contributed by atoms with E-state index in [1.807, 2.05) is 19.1 Å². The monoisotopic (exact) mass is 374 g/mol. The van der Waals surface area contributed by atoms with Crippen LogP contribution in [-0.4, -0.2) is 43.7 Å². The van der Waals surface area contributed by atoms with Crippen molar-refractivity contribution in [1.29, 1.82) is 0 Å². The first-order valence-corrected chi connectivity index (χ1v) is 9.19. The van der Waals surface area contributed by atoms with Gasteiger partial charge in [-0.15, -0.1) is 0 Å². The van der Waals surface area contributed by atoms with E-state index in [-0.39, 0.29) is 11.9 Å². The maximum atomic E-state index is 11.5. The molecule has 1 aromatic heterocycles. The number of anilines is 1. The minimum absolute atomic E-state index is 0.124. The number of methoxy groups -OCH3 is 2. The van der Waals surface area contributed by atoms with Crippen molar-refractivity contribution in [3.63, 3.8) is 0 Å². The average Bonchev–Trinajstić information content (AvgIpc) is 2.65. The second-order valence-electron chi connectivity index (χ2n) is 6.78. The highest BCUT2D eigenvalue weighted by Crippen LogP contribution is 2.41. The lowest BCUT2D eigenvalue weighted by atomic mass is 10.1. The quantitative estimate of drug-likeness (QED) is 0.584. The number of aryl methyl sites for hydroxylation is 1. The smallest absolute Gasteiger partial charge is 0.236 e. The lowest BCUT2D eigenvalue weighted by molar-refractivity contribution is -0.121. The van der Waals surface area contributed by atoms with Gasteiger partial charge in [0.2, 0.25) is 5.91 Å². The van der Waals surface area contributed by atoms with Crippen LogP contribution in [-0.2, 0) is 4.79 Å². The Balaban J connectivity index is 2.14. The molecule has 1 amide bonds. The van der Waals surface area contributed by atoms with Gasteiger partial charge in [0.05, 0.1) is 36.9 Å². The minimum Gasteiger partial charge on any atom is -0.493 e. The van der Waals surface area contributed by atoms with Gasteiger partial charge in [-0.2, -0.15) is 0 Å². The topological polar surface area (TPSA) is 98.5 Å². The lowest BCUT2D eigenvalue weighted by Crippen LogP contribution is -2.38. The van der Waals surface area contributed by atoms with Gasteiger partial charge in [0.15, 0.2) is 11.5 Å². The zero-order chi connectivity index (χ0) is 20.0. The Morgan fingerprint density at radius 1 is 1.30 bits per heavy atom. The van der Waals surface area contributed by atoms with Crippen molar-refractivity contribution in [3.8, 4) is 11.5 Å². The number of fused-ring (bicyclic) bond motifs is 1. The second-order valence-corrected chi connectivity index (χ2v) is 6.78. The Labute approximate surface area is 160 Å². The first-order chi connectivity index (χ1) is 12.9. The summed E-state index contributed by atoms with van der Waals surface area (Å²) >= 11 is 0. The predicted molar refractivity (Wildman–Crippen MR) is 109 cm³/mol. The number of carbonyl (C=O) groups is 1. The van der Waals surface area contributed by atoms with E-state index >= 15 is 0 Å². The third-order valence-corrected chi connectivity index (χ3v) is 4.49. The zero-order valence-corrected chi connectivity index (χ0v) is 16.8. The average molecular weight is 374 g/mol. The summed E-state index contributed by atoms with van der Waals surface area (Å²) in [6, 6.07) is 3.59. The summed E-state index contributed by atoms with van der Waals surface area (Å²) in [7, 11) is 3.26. The maximum Gasteiger partial charge on any atom is 0.236 e. The van der Waals surface area contributed by atoms with Crippen molar-refractivity contribution in [3.05, 3.63) is 23.9 Å². The highest BCUT2D eigenvalue weighted by atomic mass is 16.5. The van der Waals surface area contributed by atoms with E-state index in [0.717, 1.165) is 35.0 Å². The Hall–Kier alpha value is -2.54. The summed E-state index contributed by atoms with van der Waals surface area (Å²) in [6.45, 7) is 6.42. The largest absolute Gasteiger partial charge is 0.493 e. The molecule has 2 atom stereocenters. The van der Waals surface area contributed by atoms with E-state index in [0.29, 0.717) is 18.0 Å². The molecule has 7 nitrogen and oxygen atoms in total. The van der Waals surface area contributed by atoms with E-state index in [4.69, 9.17) is 15.2 Å². The molecule has 1 aromatic carbocycles. The molecule has 148 valence electrons. The molecule has 0 aliphatic heterocycles. The van der Waals surface area contributed by atoms with Gasteiger partial charge in [0.1, 0.15) is 0 Å². The molecule has 0 aliphatic rings. The Bertz CT molecular complexity index is 792. The molecular weight excluding hydrogens is 344 g/mol. The van der Waals surface area contributed by atoms with Crippen LogP contribution in [0.3, 0.4) is 0 Å². The van der Waals surface area contributed by atoms with E-state index in [2.05, 4.69) is 22.5 Å². The van der Waals surface area contributed by atoms with Gasteiger partial charge >= 0.3 is 0 Å². The number of nitrogens with two attached hydrogens (primary N) is 1. The molecule has 1 heterocycles. The van der Waals surface area contributed by atoms with Crippen LogP contribution in [0.1, 0.15) is 32.3 Å². The molecule has 0 aliphatic carbocycles. The standard InChI is InChI=1S/C20H30N4O3/c1-12-8-10-22-18-15(11-16(26-4)19(27-5)17(12)18)24-13(2)7-6-9-23-20(25)14(3)21/h8,10-11,13-14,24H,6-7,9,21H2,1-5H3,(H,23,25)/t13?,14-/m0/s1. The van der Waals surface area contributed by atoms with Crippen LogP contribution in [0.5, 0.6) is 11.5 Å².